The Labute approximate surface area is 104 Å². The van der Waals surface area contributed by atoms with Gasteiger partial charge in [0.2, 0.25) is 0 Å². The first-order valence-corrected chi connectivity index (χ1v) is 7.46. The van der Waals surface area contributed by atoms with Crippen molar-refractivity contribution >= 4 is 0 Å². The number of hydrogen-bond donors (Lipinski definition) is 0. The highest BCUT2D eigenvalue weighted by Crippen LogP contribution is 2.40. The minimum Gasteiger partial charge on any atom is -0.0654 e. The molecular formula is C16H34. The van der Waals surface area contributed by atoms with Gasteiger partial charge in [-0.25, -0.2) is 0 Å². The minimum absolute atomic E-state index is 0.570. The van der Waals surface area contributed by atoms with Gasteiger partial charge >= 0.3 is 0 Å². The van der Waals surface area contributed by atoms with Gasteiger partial charge in [0, 0.05) is 0 Å². The third-order valence-electron chi connectivity index (χ3n) is 4.36. The van der Waals surface area contributed by atoms with Crippen LogP contribution in [0.2, 0.25) is 0 Å². The van der Waals surface area contributed by atoms with E-state index in [0.29, 0.717) is 5.41 Å². The summed E-state index contributed by atoms with van der Waals surface area (Å²) in [5.41, 5.74) is 0.570. The predicted molar refractivity (Wildman–Crippen MR) is 75.8 cm³/mol. The summed E-state index contributed by atoms with van der Waals surface area (Å²) in [5.74, 6) is 1.72. The number of hydrogen-bond acceptors (Lipinski definition) is 0. The second kappa shape index (κ2) is 8.14. The van der Waals surface area contributed by atoms with Crippen LogP contribution in [-0.2, 0) is 0 Å². The molecule has 2 unspecified atom stereocenters. The first-order valence-electron chi connectivity index (χ1n) is 7.46. The van der Waals surface area contributed by atoms with Crippen molar-refractivity contribution in [3.63, 3.8) is 0 Å². The average Bonchev–Trinajstić information content (AvgIpc) is 2.23. The van der Waals surface area contributed by atoms with Gasteiger partial charge in [0.1, 0.15) is 0 Å². The van der Waals surface area contributed by atoms with Crippen LogP contribution in [0.25, 0.3) is 0 Å². The molecule has 0 aromatic rings. The summed E-state index contributed by atoms with van der Waals surface area (Å²) >= 11 is 0. The van der Waals surface area contributed by atoms with E-state index in [9.17, 15) is 0 Å². The van der Waals surface area contributed by atoms with Crippen molar-refractivity contribution in [2.75, 3.05) is 0 Å². The van der Waals surface area contributed by atoms with Crippen molar-refractivity contribution in [3.8, 4) is 0 Å². The first kappa shape index (κ1) is 16.0. The van der Waals surface area contributed by atoms with Gasteiger partial charge in [-0.2, -0.15) is 0 Å². The molecule has 0 heterocycles. The van der Waals surface area contributed by atoms with E-state index in [4.69, 9.17) is 0 Å². The summed E-state index contributed by atoms with van der Waals surface area (Å²) in [4.78, 5) is 0. The molecule has 0 aliphatic heterocycles. The molecule has 0 radical (unpaired) electrons. The van der Waals surface area contributed by atoms with Crippen molar-refractivity contribution in [2.24, 2.45) is 17.3 Å². The SMILES string of the molecule is CCCCCCC(C)C(C)(CC)CC(C)C. The normalized spacial score (nSPS) is 17.4. The maximum atomic E-state index is 2.50. The van der Waals surface area contributed by atoms with E-state index in [1.807, 2.05) is 0 Å². The van der Waals surface area contributed by atoms with E-state index in [-0.39, 0.29) is 0 Å². The number of unbranched alkanes of at least 4 members (excludes halogenated alkanes) is 3. The Bertz CT molecular complexity index is 159. The van der Waals surface area contributed by atoms with Crippen molar-refractivity contribution in [1.29, 1.82) is 0 Å². The lowest BCUT2D eigenvalue weighted by Crippen LogP contribution is -2.26. The smallest absolute Gasteiger partial charge is 0.0300 e. The van der Waals surface area contributed by atoms with Crippen LogP contribution in [0.15, 0.2) is 0 Å². The second-order valence-electron chi connectivity index (χ2n) is 6.36. The minimum atomic E-state index is 0.570. The third kappa shape index (κ3) is 5.92. The molecule has 0 saturated carbocycles. The van der Waals surface area contributed by atoms with Gasteiger partial charge < -0.3 is 0 Å². The topological polar surface area (TPSA) is 0 Å². The van der Waals surface area contributed by atoms with Gasteiger partial charge in [-0.05, 0) is 23.7 Å². The van der Waals surface area contributed by atoms with Crippen LogP contribution in [0.1, 0.15) is 86.5 Å². The fraction of sp³-hybridized carbons (Fsp3) is 1.00. The molecule has 0 heteroatoms. The molecule has 0 aliphatic rings. The predicted octanol–water partition coefficient (Wildman–Crippen LogP) is 6.06. The standard InChI is InChI=1S/C16H34/c1-7-9-10-11-12-15(5)16(6,8-2)13-14(3)4/h14-15H,7-13H2,1-6H3. The molecular weight excluding hydrogens is 192 g/mol. The van der Waals surface area contributed by atoms with Crippen LogP contribution in [-0.4, -0.2) is 0 Å². The second-order valence-corrected chi connectivity index (χ2v) is 6.36. The molecule has 0 aliphatic carbocycles. The molecule has 0 saturated heterocycles. The van der Waals surface area contributed by atoms with Crippen molar-refractivity contribution in [3.05, 3.63) is 0 Å². The molecule has 16 heavy (non-hydrogen) atoms. The van der Waals surface area contributed by atoms with Crippen LogP contribution in [0.5, 0.6) is 0 Å². The highest BCUT2D eigenvalue weighted by atomic mass is 14.3. The van der Waals surface area contributed by atoms with Crippen molar-refractivity contribution in [2.45, 2.75) is 86.5 Å². The molecule has 0 bridgehead atoms. The van der Waals surface area contributed by atoms with Crippen molar-refractivity contribution < 1.29 is 0 Å². The molecule has 0 aromatic heterocycles. The summed E-state index contributed by atoms with van der Waals surface area (Å²) in [5, 5.41) is 0. The zero-order valence-electron chi connectivity index (χ0n) is 12.6. The molecule has 98 valence electrons. The molecule has 0 amide bonds. The van der Waals surface area contributed by atoms with E-state index >= 15 is 0 Å². The Morgan fingerprint density at radius 3 is 2.00 bits per heavy atom. The highest BCUT2D eigenvalue weighted by Gasteiger charge is 2.29. The summed E-state index contributed by atoms with van der Waals surface area (Å²) in [7, 11) is 0. The van der Waals surface area contributed by atoms with Crippen LogP contribution < -0.4 is 0 Å². The molecule has 0 fully saturated rings. The Kier molecular flexibility index (Phi) is 8.14. The summed E-state index contributed by atoms with van der Waals surface area (Å²) < 4.78 is 0. The van der Waals surface area contributed by atoms with E-state index < -0.39 is 0 Å². The summed E-state index contributed by atoms with van der Waals surface area (Å²) in [6, 6.07) is 0. The van der Waals surface area contributed by atoms with Gasteiger partial charge in [0.15, 0.2) is 0 Å². The Hall–Kier alpha value is 0. The van der Waals surface area contributed by atoms with E-state index in [1.54, 1.807) is 0 Å². The summed E-state index contributed by atoms with van der Waals surface area (Å²) in [6.07, 6.45) is 9.78. The first-order chi connectivity index (χ1) is 7.46. The fourth-order valence-electron chi connectivity index (χ4n) is 2.85. The number of rotatable bonds is 9. The monoisotopic (exact) mass is 226 g/mol. The van der Waals surface area contributed by atoms with Crippen LogP contribution >= 0.6 is 0 Å². The van der Waals surface area contributed by atoms with Crippen molar-refractivity contribution in [1.82, 2.24) is 0 Å². The molecule has 0 aromatic carbocycles. The maximum Gasteiger partial charge on any atom is -0.0300 e. The average molecular weight is 226 g/mol. The Morgan fingerprint density at radius 2 is 1.56 bits per heavy atom. The lowest BCUT2D eigenvalue weighted by molar-refractivity contribution is 0.140. The maximum absolute atomic E-state index is 2.50. The van der Waals surface area contributed by atoms with E-state index in [2.05, 4.69) is 41.5 Å². The molecule has 0 nitrogen and oxygen atoms in total. The van der Waals surface area contributed by atoms with E-state index in [0.717, 1.165) is 11.8 Å². The zero-order chi connectivity index (χ0) is 12.6. The van der Waals surface area contributed by atoms with Gasteiger partial charge in [0.05, 0.1) is 0 Å². The third-order valence-corrected chi connectivity index (χ3v) is 4.36. The lowest BCUT2D eigenvalue weighted by Gasteiger charge is -2.36. The van der Waals surface area contributed by atoms with Gasteiger partial charge in [-0.15, -0.1) is 0 Å². The molecule has 0 N–H and O–H groups in total. The molecule has 2 atom stereocenters. The van der Waals surface area contributed by atoms with Gasteiger partial charge in [-0.1, -0.05) is 80.1 Å². The van der Waals surface area contributed by atoms with E-state index in [1.165, 1.54) is 44.9 Å². The van der Waals surface area contributed by atoms with Crippen LogP contribution in [0.3, 0.4) is 0 Å². The van der Waals surface area contributed by atoms with Gasteiger partial charge in [-0.3, -0.25) is 0 Å². The largest absolute Gasteiger partial charge is 0.0654 e. The lowest BCUT2D eigenvalue weighted by atomic mass is 9.69. The molecule has 0 spiro atoms. The summed E-state index contributed by atoms with van der Waals surface area (Å²) in [6.45, 7) is 14.3. The van der Waals surface area contributed by atoms with Crippen LogP contribution in [0, 0.1) is 17.3 Å². The quantitative estimate of drug-likeness (QED) is 0.419. The Morgan fingerprint density at radius 1 is 0.938 bits per heavy atom. The Balaban J connectivity index is 4.03. The van der Waals surface area contributed by atoms with Gasteiger partial charge in [0.25, 0.3) is 0 Å². The highest BCUT2D eigenvalue weighted by molar-refractivity contribution is 4.79. The zero-order valence-corrected chi connectivity index (χ0v) is 12.6. The molecule has 0 rings (SSSR count). The van der Waals surface area contributed by atoms with Crippen LogP contribution in [0.4, 0.5) is 0 Å². The fourth-order valence-corrected chi connectivity index (χ4v) is 2.85.